The molecule has 2 saturated heterocycles. The van der Waals surface area contributed by atoms with E-state index in [1.165, 1.54) is 12.8 Å². The first-order chi connectivity index (χ1) is 18.4. The van der Waals surface area contributed by atoms with Crippen molar-refractivity contribution in [2.45, 2.75) is 46.1 Å². The van der Waals surface area contributed by atoms with Crippen molar-refractivity contribution in [3.63, 3.8) is 0 Å². The normalized spacial score (nSPS) is 18.7. The fraction of sp³-hybridized carbons (Fsp3) is 0.483. The summed E-state index contributed by atoms with van der Waals surface area (Å²) >= 11 is 5.83. The number of ether oxygens (including phenoxy) is 2. The van der Waals surface area contributed by atoms with E-state index in [9.17, 15) is 9.59 Å². The van der Waals surface area contributed by atoms with E-state index in [0.717, 1.165) is 37.1 Å². The standard InChI is InChI=1S/C29H38N4O4S/c1-4-36-24-10-6-22(7-11-24)30-27(34)20-26-28(35)33(23-8-12-25(13-9-23)37-5-2)29(38)32(26)19-18-31-16-14-21(3)15-17-31/h6-13,21,26H,4-5,14-20H2,1-3H3,(H,30,34). The fourth-order valence-electron chi connectivity index (χ4n) is 4.91. The molecule has 2 aliphatic rings. The lowest BCUT2D eigenvalue weighted by molar-refractivity contribution is -0.124. The molecule has 2 aliphatic heterocycles. The molecular formula is C29H38N4O4S. The number of nitrogens with zero attached hydrogens (tertiary/aromatic N) is 3. The molecule has 2 amide bonds. The third-order valence-electron chi connectivity index (χ3n) is 7.09. The lowest BCUT2D eigenvalue weighted by Crippen LogP contribution is -2.44. The Bertz CT molecular complexity index is 1100. The zero-order chi connectivity index (χ0) is 27.1. The third kappa shape index (κ3) is 6.82. The number of carbonyl (C=O) groups is 2. The number of carbonyl (C=O) groups excluding carboxylic acids is 2. The van der Waals surface area contributed by atoms with Crippen molar-refractivity contribution in [1.29, 1.82) is 0 Å². The lowest BCUT2D eigenvalue weighted by Gasteiger charge is -2.32. The first-order valence-corrected chi connectivity index (χ1v) is 13.9. The Kier molecular flexibility index (Phi) is 9.58. The number of likely N-dealkylation sites (tertiary alicyclic amines) is 1. The van der Waals surface area contributed by atoms with Crippen LogP contribution in [0.1, 0.15) is 40.0 Å². The summed E-state index contributed by atoms with van der Waals surface area (Å²) in [5, 5.41) is 3.35. The second-order valence-corrected chi connectivity index (χ2v) is 10.2. The summed E-state index contributed by atoms with van der Waals surface area (Å²) in [7, 11) is 0. The van der Waals surface area contributed by atoms with Gasteiger partial charge in [-0.25, -0.2) is 0 Å². The first-order valence-electron chi connectivity index (χ1n) is 13.5. The molecule has 0 aromatic heterocycles. The van der Waals surface area contributed by atoms with Crippen LogP contribution in [0.4, 0.5) is 11.4 Å². The number of piperidine rings is 1. The van der Waals surface area contributed by atoms with Gasteiger partial charge in [0.2, 0.25) is 5.91 Å². The molecule has 0 radical (unpaired) electrons. The molecule has 0 aliphatic carbocycles. The van der Waals surface area contributed by atoms with Gasteiger partial charge in [0.15, 0.2) is 5.11 Å². The molecular weight excluding hydrogens is 500 g/mol. The summed E-state index contributed by atoms with van der Waals surface area (Å²) in [6.07, 6.45) is 2.36. The van der Waals surface area contributed by atoms with Gasteiger partial charge < -0.3 is 24.6 Å². The molecule has 4 rings (SSSR count). The molecule has 1 N–H and O–H groups in total. The molecule has 2 aromatic rings. The van der Waals surface area contributed by atoms with E-state index in [4.69, 9.17) is 21.7 Å². The van der Waals surface area contributed by atoms with Crippen molar-refractivity contribution >= 4 is 40.5 Å². The zero-order valence-corrected chi connectivity index (χ0v) is 23.3. The van der Waals surface area contributed by atoms with Crippen LogP contribution >= 0.6 is 12.2 Å². The summed E-state index contributed by atoms with van der Waals surface area (Å²) in [4.78, 5) is 32.7. The van der Waals surface area contributed by atoms with E-state index in [1.807, 2.05) is 55.1 Å². The van der Waals surface area contributed by atoms with Gasteiger partial charge in [0.05, 0.1) is 25.3 Å². The largest absolute Gasteiger partial charge is 0.494 e. The molecule has 8 nitrogen and oxygen atoms in total. The van der Waals surface area contributed by atoms with E-state index in [2.05, 4.69) is 17.1 Å². The Hall–Kier alpha value is -3.17. The third-order valence-corrected chi connectivity index (χ3v) is 7.50. The van der Waals surface area contributed by atoms with Crippen LogP contribution in [0.2, 0.25) is 0 Å². The Morgan fingerprint density at radius 3 is 2.11 bits per heavy atom. The van der Waals surface area contributed by atoms with Crippen molar-refractivity contribution in [3.05, 3.63) is 48.5 Å². The molecule has 38 heavy (non-hydrogen) atoms. The molecule has 1 atom stereocenters. The predicted octanol–water partition coefficient (Wildman–Crippen LogP) is 4.55. The highest BCUT2D eigenvalue weighted by Crippen LogP contribution is 2.29. The van der Waals surface area contributed by atoms with E-state index < -0.39 is 6.04 Å². The van der Waals surface area contributed by atoms with Gasteiger partial charge in [-0.3, -0.25) is 14.5 Å². The van der Waals surface area contributed by atoms with Crippen LogP contribution in [0.5, 0.6) is 11.5 Å². The first kappa shape index (κ1) is 27.9. The minimum absolute atomic E-state index is 0.0107. The molecule has 2 aromatic carbocycles. The van der Waals surface area contributed by atoms with Gasteiger partial charge in [-0.05, 0) is 106 Å². The van der Waals surface area contributed by atoms with Gasteiger partial charge in [0.25, 0.3) is 5.91 Å². The Morgan fingerprint density at radius 2 is 1.53 bits per heavy atom. The molecule has 0 saturated carbocycles. The number of benzene rings is 2. The van der Waals surface area contributed by atoms with Crippen LogP contribution in [0.25, 0.3) is 0 Å². The summed E-state index contributed by atoms with van der Waals surface area (Å²) < 4.78 is 11.0. The number of nitrogens with one attached hydrogen (secondary N) is 1. The topological polar surface area (TPSA) is 74.3 Å². The SMILES string of the molecule is CCOc1ccc(NC(=O)CC2C(=O)N(c3ccc(OCC)cc3)C(=S)N2CCN2CCC(C)CC2)cc1. The number of thiocarbonyl (C=S) groups is 1. The Balaban J connectivity index is 1.48. The van der Waals surface area contributed by atoms with Gasteiger partial charge >= 0.3 is 0 Å². The van der Waals surface area contributed by atoms with Crippen LogP contribution in [-0.4, -0.2) is 72.2 Å². The number of rotatable bonds is 11. The van der Waals surface area contributed by atoms with Crippen molar-refractivity contribution in [1.82, 2.24) is 9.80 Å². The highest BCUT2D eigenvalue weighted by molar-refractivity contribution is 7.80. The second-order valence-electron chi connectivity index (χ2n) is 9.83. The summed E-state index contributed by atoms with van der Waals surface area (Å²) in [5.41, 5.74) is 1.33. The summed E-state index contributed by atoms with van der Waals surface area (Å²) in [5.74, 6) is 1.80. The van der Waals surface area contributed by atoms with Crippen LogP contribution < -0.4 is 19.7 Å². The Morgan fingerprint density at radius 1 is 0.947 bits per heavy atom. The number of amides is 2. The zero-order valence-electron chi connectivity index (χ0n) is 22.5. The quantitative estimate of drug-likeness (QED) is 0.421. The van der Waals surface area contributed by atoms with Crippen LogP contribution in [0, 0.1) is 5.92 Å². The smallest absolute Gasteiger partial charge is 0.256 e. The summed E-state index contributed by atoms with van der Waals surface area (Å²) in [6, 6.07) is 13.9. The molecule has 1 unspecified atom stereocenters. The van der Waals surface area contributed by atoms with Gasteiger partial charge in [0, 0.05) is 18.8 Å². The number of anilines is 2. The van der Waals surface area contributed by atoms with E-state index in [-0.39, 0.29) is 18.2 Å². The highest BCUT2D eigenvalue weighted by Gasteiger charge is 2.44. The van der Waals surface area contributed by atoms with E-state index in [0.29, 0.717) is 36.2 Å². The molecule has 2 heterocycles. The molecule has 0 bridgehead atoms. The maximum Gasteiger partial charge on any atom is 0.256 e. The minimum atomic E-state index is -0.666. The van der Waals surface area contributed by atoms with Crippen molar-refractivity contribution in [2.24, 2.45) is 5.92 Å². The van der Waals surface area contributed by atoms with E-state index >= 15 is 0 Å². The highest BCUT2D eigenvalue weighted by atomic mass is 32.1. The van der Waals surface area contributed by atoms with Gasteiger partial charge in [0.1, 0.15) is 17.5 Å². The fourth-order valence-corrected chi connectivity index (χ4v) is 5.32. The molecule has 2 fully saturated rings. The Labute approximate surface area is 230 Å². The van der Waals surface area contributed by atoms with Crippen molar-refractivity contribution in [2.75, 3.05) is 49.6 Å². The predicted molar refractivity (Wildman–Crippen MR) is 154 cm³/mol. The lowest BCUT2D eigenvalue weighted by atomic mass is 9.99. The maximum atomic E-state index is 13.7. The maximum absolute atomic E-state index is 13.7. The monoisotopic (exact) mass is 538 g/mol. The molecule has 9 heteroatoms. The number of hydrogen-bond donors (Lipinski definition) is 1. The van der Waals surface area contributed by atoms with Crippen LogP contribution in [0.15, 0.2) is 48.5 Å². The summed E-state index contributed by atoms with van der Waals surface area (Å²) in [6.45, 7) is 10.8. The molecule has 204 valence electrons. The average molecular weight is 539 g/mol. The van der Waals surface area contributed by atoms with Gasteiger partial charge in [-0.1, -0.05) is 6.92 Å². The molecule has 0 spiro atoms. The second kappa shape index (κ2) is 13.1. The minimum Gasteiger partial charge on any atom is -0.494 e. The van der Waals surface area contributed by atoms with Crippen molar-refractivity contribution in [3.8, 4) is 11.5 Å². The average Bonchev–Trinajstić information content (AvgIpc) is 3.14. The van der Waals surface area contributed by atoms with Gasteiger partial charge in [-0.15, -0.1) is 0 Å². The van der Waals surface area contributed by atoms with Crippen LogP contribution in [-0.2, 0) is 9.59 Å². The van der Waals surface area contributed by atoms with Gasteiger partial charge in [-0.2, -0.15) is 0 Å². The van der Waals surface area contributed by atoms with E-state index in [1.54, 1.807) is 17.0 Å². The van der Waals surface area contributed by atoms with Crippen LogP contribution in [0.3, 0.4) is 0 Å². The number of hydrogen-bond acceptors (Lipinski definition) is 6. The van der Waals surface area contributed by atoms with Crippen molar-refractivity contribution < 1.29 is 19.1 Å².